The molecule has 2 aromatic carbocycles. The predicted molar refractivity (Wildman–Crippen MR) is 95.8 cm³/mol. The fourth-order valence-electron chi connectivity index (χ4n) is 3.62. The highest BCUT2D eigenvalue weighted by molar-refractivity contribution is 6.42. The Morgan fingerprint density at radius 2 is 1.81 bits per heavy atom. The largest absolute Gasteiger partial charge is 0.334 e. The van der Waals surface area contributed by atoms with E-state index in [4.69, 9.17) is 23.2 Å². The number of fused-ring (bicyclic) bond motifs is 1. The second-order valence-corrected chi connectivity index (χ2v) is 7.21. The third-order valence-corrected chi connectivity index (χ3v) is 5.68. The summed E-state index contributed by atoms with van der Waals surface area (Å²) in [5.41, 5.74) is -0.204. The van der Waals surface area contributed by atoms with Gasteiger partial charge in [0, 0.05) is 30.5 Å². The molecule has 0 N–H and O–H groups in total. The molecule has 8 heteroatoms. The van der Waals surface area contributed by atoms with E-state index in [0.29, 0.717) is 11.8 Å². The van der Waals surface area contributed by atoms with Gasteiger partial charge < -0.3 is 9.69 Å². The van der Waals surface area contributed by atoms with Crippen molar-refractivity contribution < 1.29 is 22.8 Å². The number of halogens is 5. The molecule has 1 amide bonds. The van der Waals surface area contributed by atoms with Crippen LogP contribution in [0.5, 0.6) is 0 Å². The van der Waals surface area contributed by atoms with Crippen molar-refractivity contribution >= 4 is 35.4 Å². The molecule has 142 valence electrons. The SMILES string of the molecule is Cc1c(F)c(F)c(F)c2c1C(=O)N(C)C2C(CC=O)c1ccc(Cl)c(Cl)c1. The van der Waals surface area contributed by atoms with Crippen molar-refractivity contribution in [1.82, 2.24) is 4.90 Å². The van der Waals surface area contributed by atoms with Gasteiger partial charge in [-0.15, -0.1) is 0 Å². The highest BCUT2D eigenvalue weighted by Gasteiger charge is 2.44. The minimum Gasteiger partial charge on any atom is -0.334 e. The Morgan fingerprint density at radius 1 is 1.15 bits per heavy atom. The predicted octanol–water partition coefficient (Wildman–Crippen LogP) is 5.22. The molecular formula is C19H14Cl2F3NO2. The lowest BCUT2D eigenvalue weighted by Crippen LogP contribution is -2.28. The van der Waals surface area contributed by atoms with E-state index in [2.05, 4.69) is 0 Å². The zero-order valence-electron chi connectivity index (χ0n) is 14.3. The van der Waals surface area contributed by atoms with Crippen LogP contribution < -0.4 is 0 Å². The van der Waals surface area contributed by atoms with Crippen LogP contribution >= 0.6 is 23.2 Å². The zero-order chi connectivity index (χ0) is 20.0. The molecule has 3 nitrogen and oxygen atoms in total. The van der Waals surface area contributed by atoms with Gasteiger partial charge in [0.15, 0.2) is 17.5 Å². The van der Waals surface area contributed by atoms with Crippen LogP contribution in [0.3, 0.4) is 0 Å². The van der Waals surface area contributed by atoms with E-state index in [9.17, 15) is 22.8 Å². The number of carbonyl (C=O) groups excluding carboxylic acids is 2. The van der Waals surface area contributed by atoms with Crippen LogP contribution in [0.1, 0.15) is 45.4 Å². The lowest BCUT2D eigenvalue weighted by atomic mass is 9.84. The Balaban J connectivity index is 2.25. The fourth-order valence-corrected chi connectivity index (χ4v) is 3.92. The summed E-state index contributed by atoms with van der Waals surface area (Å²) >= 11 is 12.0. The number of hydrogen-bond donors (Lipinski definition) is 0. The van der Waals surface area contributed by atoms with E-state index >= 15 is 0 Å². The van der Waals surface area contributed by atoms with Crippen LogP contribution in [-0.4, -0.2) is 24.1 Å². The first kappa shape index (κ1) is 19.7. The molecule has 27 heavy (non-hydrogen) atoms. The number of nitrogens with zero attached hydrogens (tertiary/aromatic N) is 1. The molecule has 0 saturated heterocycles. The maximum absolute atomic E-state index is 14.7. The number of carbonyl (C=O) groups is 2. The summed E-state index contributed by atoms with van der Waals surface area (Å²) in [5, 5.41) is 0.510. The van der Waals surface area contributed by atoms with Crippen LogP contribution in [0.2, 0.25) is 10.0 Å². The highest BCUT2D eigenvalue weighted by Crippen LogP contribution is 2.47. The van der Waals surface area contributed by atoms with Crippen LogP contribution in [0, 0.1) is 24.4 Å². The molecule has 2 aromatic rings. The van der Waals surface area contributed by atoms with Gasteiger partial charge in [-0.2, -0.15) is 0 Å². The van der Waals surface area contributed by atoms with Crippen molar-refractivity contribution in [3.05, 3.63) is 67.9 Å². The molecule has 2 unspecified atom stereocenters. The molecule has 3 rings (SSSR count). The standard InChI is InChI=1S/C19H14Cl2F3NO2/c1-8-13-14(16(23)17(24)15(8)22)18(25(2)19(13)27)10(5-6-26)9-3-4-11(20)12(21)7-9/h3-4,6-7,10,18H,5H2,1-2H3. The van der Waals surface area contributed by atoms with Gasteiger partial charge in [-0.3, -0.25) is 4.79 Å². The Labute approximate surface area is 163 Å². The number of amides is 1. The quantitative estimate of drug-likeness (QED) is 0.507. The molecule has 1 heterocycles. The Hall–Kier alpha value is -2.05. The van der Waals surface area contributed by atoms with E-state index in [0.717, 1.165) is 0 Å². The van der Waals surface area contributed by atoms with E-state index in [1.54, 1.807) is 6.07 Å². The van der Waals surface area contributed by atoms with Gasteiger partial charge >= 0.3 is 0 Å². The molecule has 0 radical (unpaired) electrons. The van der Waals surface area contributed by atoms with Gasteiger partial charge in [-0.05, 0) is 24.6 Å². The van der Waals surface area contributed by atoms with Gasteiger partial charge in [0.05, 0.1) is 21.7 Å². The van der Waals surface area contributed by atoms with Crippen molar-refractivity contribution in [2.75, 3.05) is 7.05 Å². The number of aldehydes is 1. The smallest absolute Gasteiger partial charge is 0.254 e. The third kappa shape index (κ3) is 3.01. The van der Waals surface area contributed by atoms with Gasteiger partial charge in [0.25, 0.3) is 5.91 Å². The summed E-state index contributed by atoms with van der Waals surface area (Å²) in [6.45, 7) is 1.22. The lowest BCUT2D eigenvalue weighted by Gasteiger charge is -2.29. The highest BCUT2D eigenvalue weighted by atomic mass is 35.5. The third-order valence-electron chi connectivity index (χ3n) is 4.95. The first-order valence-corrected chi connectivity index (χ1v) is 8.78. The Morgan fingerprint density at radius 3 is 2.41 bits per heavy atom. The van der Waals surface area contributed by atoms with Crippen LogP contribution in [0.25, 0.3) is 0 Å². The van der Waals surface area contributed by atoms with E-state index in [-0.39, 0.29) is 33.2 Å². The second kappa shape index (κ2) is 7.17. The van der Waals surface area contributed by atoms with E-state index in [1.807, 2.05) is 0 Å². The summed E-state index contributed by atoms with van der Waals surface area (Å²) in [6.07, 6.45) is 0.533. The normalized spacial score (nSPS) is 17.2. The summed E-state index contributed by atoms with van der Waals surface area (Å²) in [5.74, 6) is -5.81. The maximum atomic E-state index is 14.7. The first-order valence-electron chi connectivity index (χ1n) is 8.03. The van der Waals surface area contributed by atoms with Crippen molar-refractivity contribution in [1.29, 1.82) is 0 Å². The van der Waals surface area contributed by atoms with Crippen molar-refractivity contribution in [2.24, 2.45) is 0 Å². The molecule has 0 bridgehead atoms. The van der Waals surface area contributed by atoms with Crippen LogP contribution in [0.4, 0.5) is 13.2 Å². The summed E-state index contributed by atoms with van der Waals surface area (Å²) < 4.78 is 42.7. The summed E-state index contributed by atoms with van der Waals surface area (Å²) in [4.78, 5) is 25.1. The maximum Gasteiger partial charge on any atom is 0.254 e. The Kier molecular flexibility index (Phi) is 5.23. The molecular weight excluding hydrogens is 402 g/mol. The van der Waals surface area contributed by atoms with Gasteiger partial charge in [0.1, 0.15) is 6.29 Å². The number of rotatable bonds is 4. The summed E-state index contributed by atoms with van der Waals surface area (Å²) in [6, 6.07) is 3.63. The monoisotopic (exact) mass is 415 g/mol. The van der Waals surface area contributed by atoms with Crippen LogP contribution in [-0.2, 0) is 4.79 Å². The number of benzene rings is 2. The molecule has 0 spiro atoms. The van der Waals surface area contributed by atoms with E-state index < -0.39 is 35.3 Å². The van der Waals surface area contributed by atoms with Crippen molar-refractivity contribution in [3.63, 3.8) is 0 Å². The van der Waals surface area contributed by atoms with Gasteiger partial charge in [0.2, 0.25) is 0 Å². The number of likely N-dealkylation sites (N-methyl/N-ethyl adjacent to an activating group) is 1. The lowest BCUT2D eigenvalue weighted by molar-refractivity contribution is -0.108. The molecule has 1 aliphatic rings. The van der Waals surface area contributed by atoms with Gasteiger partial charge in [-0.25, -0.2) is 13.2 Å². The molecule has 0 aliphatic carbocycles. The van der Waals surface area contributed by atoms with Gasteiger partial charge in [-0.1, -0.05) is 29.3 Å². The molecule has 2 atom stereocenters. The summed E-state index contributed by atoms with van der Waals surface area (Å²) in [7, 11) is 1.40. The fraction of sp³-hybridized carbons (Fsp3) is 0.263. The second-order valence-electron chi connectivity index (χ2n) is 6.40. The minimum absolute atomic E-state index is 0.0861. The average molecular weight is 416 g/mol. The zero-order valence-corrected chi connectivity index (χ0v) is 15.8. The topological polar surface area (TPSA) is 37.4 Å². The van der Waals surface area contributed by atoms with Crippen molar-refractivity contribution in [2.45, 2.75) is 25.3 Å². The number of hydrogen-bond acceptors (Lipinski definition) is 2. The van der Waals surface area contributed by atoms with Crippen LogP contribution in [0.15, 0.2) is 18.2 Å². The molecule has 1 aliphatic heterocycles. The minimum atomic E-state index is -1.64. The van der Waals surface area contributed by atoms with Crippen molar-refractivity contribution in [3.8, 4) is 0 Å². The molecule has 0 saturated carbocycles. The molecule has 0 fully saturated rings. The Bertz CT molecular complexity index is 965. The van der Waals surface area contributed by atoms with E-state index in [1.165, 1.54) is 31.0 Å². The molecule has 0 aromatic heterocycles. The average Bonchev–Trinajstić information content (AvgIpc) is 2.90. The first-order chi connectivity index (χ1) is 12.7.